The second kappa shape index (κ2) is 9.71. The van der Waals surface area contributed by atoms with Gasteiger partial charge in [-0.25, -0.2) is 0 Å². The molecule has 0 unspecified atom stereocenters. The zero-order valence-corrected chi connectivity index (χ0v) is 16.8. The fourth-order valence-corrected chi connectivity index (χ4v) is 2.90. The molecule has 2 aromatic carbocycles. The molecule has 0 atom stereocenters. The molecule has 0 aliphatic rings. The van der Waals surface area contributed by atoms with E-state index in [0.29, 0.717) is 17.2 Å². The van der Waals surface area contributed by atoms with E-state index in [2.05, 4.69) is 41.5 Å². The van der Waals surface area contributed by atoms with Crippen LogP contribution in [0.15, 0.2) is 36.4 Å². The highest BCUT2D eigenvalue weighted by Gasteiger charge is 2.10. The van der Waals surface area contributed by atoms with Gasteiger partial charge in [-0.1, -0.05) is 0 Å². The lowest BCUT2D eigenvalue weighted by Crippen LogP contribution is -2.23. The molecule has 0 aromatic heterocycles. The van der Waals surface area contributed by atoms with Crippen molar-refractivity contribution in [2.75, 3.05) is 49.4 Å². The normalized spacial score (nSPS) is 10.3. The van der Waals surface area contributed by atoms with Crippen molar-refractivity contribution < 1.29 is 14.3 Å². The predicted molar refractivity (Wildman–Crippen MR) is 111 cm³/mol. The van der Waals surface area contributed by atoms with E-state index in [1.807, 2.05) is 13.0 Å². The number of hydrogen-bond acceptors (Lipinski definition) is 5. The van der Waals surface area contributed by atoms with Crippen LogP contribution in [-0.2, 0) is 4.79 Å². The maximum absolute atomic E-state index is 12.3. The fourth-order valence-electron chi connectivity index (χ4n) is 2.90. The Morgan fingerprint density at radius 2 is 1.70 bits per heavy atom. The molecule has 27 heavy (non-hydrogen) atoms. The molecule has 6 nitrogen and oxygen atoms in total. The minimum atomic E-state index is -0.148. The summed E-state index contributed by atoms with van der Waals surface area (Å²) in [7, 11) is 3.15. The summed E-state index contributed by atoms with van der Waals surface area (Å²) in [4.78, 5) is 14.6. The first kappa shape index (κ1) is 20.4. The first-order chi connectivity index (χ1) is 13.0. The third-order valence-corrected chi connectivity index (χ3v) is 4.46. The molecule has 2 N–H and O–H groups in total. The Balaban J connectivity index is 2.00. The molecule has 0 heterocycles. The van der Waals surface area contributed by atoms with Gasteiger partial charge in [0.15, 0.2) is 0 Å². The van der Waals surface area contributed by atoms with E-state index in [-0.39, 0.29) is 12.5 Å². The number of carbonyl (C=O) groups excluding carboxylic acids is 1. The van der Waals surface area contributed by atoms with E-state index in [0.717, 1.165) is 24.3 Å². The van der Waals surface area contributed by atoms with Gasteiger partial charge in [0.25, 0.3) is 0 Å². The monoisotopic (exact) mass is 371 g/mol. The van der Waals surface area contributed by atoms with E-state index in [1.165, 1.54) is 5.69 Å². The molecular formula is C21H29N3O3. The number of aryl methyl sites for hydroxylation is 1. The molecule has 0 aliphatic heterocycles. The number of nitrogens with zero attached hydrogens (tertiary/aromatic N) is 1. The molecule has 0 radical (unpaired) electrons. The summed E-state index contributed by atoms with van der Waals surface area (Å²) >= 11 is 0. The van der Waals surface area contributed by atoms with Gasteiger partial charge >= 0.3 is 0 Å². The van der Waals surface area contributed by atoms with Gasteiger partial charge in [-0.3, -0.25) is 4.79 Å². The first-order valence-corrected chi connectivity index (χ1v) is 9.13. The highest BCUT2D eigenvalue weighted by Crippen LogP contribution is 2.29. The number of rotatable bonds is 9. The predicted octanol–water partition coefficient (Wildman–Crippen LogP) is 3.91. The second-order valence-corrected chi connectivity index (χ2v) is 6.14. The molecule has 2 aromatic rings. The van der Waals surface area contributed by atoms with Gasteiger partial charge in [0, 0.05) is 30.5 Å². The molecule has 1 amide bonds. The molecule has 0 aliphatic carbocycles. The Kier molecular flexibility index (Phi) is 7.34. The van der Waals surface area contributed by atoms with Crippen molar-refractivity contribution in [3.63, 3.8) is 0 Å². The largest absolute Gasteiger partial charge is 0.497 e. The summed E-state index contributed by atoms with van der Waals surface area (Å²) in [6.07, 6.45) is 0. The lowest BCUT2D eigenvalue weighted by Gasteiger charge is -2.22. The maximum Gasteiger partial charge on any atom is 0.243 e. The van der Waals surface area contributed by atoms with Crippen molar-refractivity contribution in [2.45, 2.75) is 20.8 Å². The van der Waals surface area contributed by atoms with Gasteiger partial charge < -0.3 is 25.0 Å². The van der Waals surface area contributed by atoms with Gasteiger partial charge in [-0.05, 0) is 56.7 Å². The molecule has 0 saturated carbocycles. The number of hydrogen-bond donors (Lipinski definition) is 2. The van der Waals surface area contributed by atoms with Crippen LogP contribution < -0.4 is 25.0 Å². The standard InChI is InChI=1S/C21H29N3O3/c1-6-24(7-2)16-8-10-18(15(3)12-16)22-14-21(25)23-19-11-9-17(26-4)13-20(19)27-5/h8-13,22H,6-7,14H2,1-5H3,(H,23,25). The van der Waals surface area contributed by atoms with E-state index < -0.39 is 0 Å². The quantitative estimate of drug-likeness (QED) is 0.700. The summed E-state index contributed by atoms with van der Waals surface area (Å²) in [5, 5.41) is 6.06. The Bertz CT molecular complexity index is 773. The van der Waals surface area contributed by atoms with Crippen molar-refractivity contribution >= 4 is 23.0 Å². The van der Waals surface area contributed by atoms with E-state index in [4.69, 9.17) is 9.47 Å². The van der Waals surface area contributed by atoms with Crippen molar-refractivity contribution in [1.29, 1.82) is 0 Å². The van der Waals surface area contributed by atoms with Crippen molar-refractivity contribution in [3.05, 3.63) is 42.0 Å². The lowest BCUT2D eigenvalue weighted by atomic mass is 10.1. The molecule has 0 bridgehead atoms. The van der Waals surface area contributed by atoms with Crippen LogP contribution in [0, 0.1) is 6.92 Å². The van der Waals surface area contributed by atoms with Crippen LogP contribution in [-0.4, -0.2) is 39.8 Å². The van der Waals surface area contributed by atoms with Gasteiger partial charge in [-0.15, -0.1) is 0 Å². The topological polar surface area (TPSA) is 62.8 Å². The van der Waals surface area contributed by atoms with Crippen LogP contribution in [0.4, 0.5) is 17.1 Å². The minimum Gasteiger partial charge on any atom is -0.497 e. The number of anilines is 3. The van der Waals surface area contributed by atoms with Crippen molar-refractivity contribution in [3.8, 4) is 11.5 Å². The third kappa shape index (κ3) is 5.29. The summed E-state index contributed by atoms with van der Waals surface area (Å²) in [5.41, 5.74) is 3.85. The summed E-state index contributed by atoms with van der Waals surface area (Å²) in [5.74, 6) is 1.08. The van der Waals surface area contributed by atoms with E-state index in [9.17, 15) is 4.79 Å². The van der Waals surface area contributed by atoms with E-state index in [1.54, 1.807) is 32.4 Å². The van der Waals surface area contributed by atoms with Crippen LogP contribution in [0.5, 0.6) is 11.5 Å². The van der Waals surface area contributed by atoms with Crippen molar-refractivity contribution in [1.82, 2.24) is 0 Å². The molecular weight excluding hydrogens is 342 g/mol. The summed E-state index contributed by atoms with van der Waals surface area (Å²) in [6.45, 7) is 8.43. The molecule has 2 rings (SSSR count). The average Bonchev–Trinajstić information content (AvgIpc) is 2.68. The SMILES string of the molecule is CCN(CC)c1ccc(NCC(=O)Nc2ccc(OC)cc2OC)c(C)c1. The fraction of sp³-hybridized carbons (Fsp3) is 0.381. The second-order valence-electron chi connectivity index (χ2n) is 6.14. The number of benzene rings is 2. The molecule has 0 saturated heterocycles. The van der Waals surface area contributed by atoms with Gasteiger partial charge in [0.1, 0.15) is 11.5 Å². The Labute approximate surface area is 161 Å². The minimum absolute atomic E-state index is 0.148. The smallest absolute Gasteiger partial charge is 0.243 e. The lowest BCUT2D eigenvalue weighted by molar-refractivity contribution is -0.114. The molecule has 0 fully saturated rings. The molecule has 0 spiro atoms. The van der Waals surface area contributed by atoms with Crippen LogP contribution in [0.2, 0.25) is 0 Å². The van der Waals surface area contributed by atoms with Crippen LogP contribution in [0.3, 0.4) is 0 Å². The van der Waals surface area contributed by atoms with Gasteiger partial charge in [0.05, 0.1) is 26.5 Å². The number of amides is 1. The van der Waals surface area contributed by atoms with Crippen molar-refractivity contribution in [2.24, 2.45) is 0 Å². The van der Waals surface area contributed by atoms with Gasteiger partial charge in [0.2, 0.25) is 5.91 Å². The highest BCUT2D eigenvalue weighted by molar-refractivity contribution is 5.95. The summed E-state index contributed by atoms with van der Waals surface area (Å²) < 4.78 is 10.5. The molecule has 146 valence electrons. The van der Waals surface area contributed by atoms with Crippen LogP contribution >= 0.6 is 0 Å². The average molecular weight is 371 g/mol. The zero-order chi connectivity index (χ0) is 19.8. The van der Waals surface area contributed by atoms with E-state index >= 15 is 0 Å². The Morgan fingerprint density at radius 1 is 1.00 bits per heavy atom. The Hall–Kier alpha value is -2.89. The number of nitrogens with one attached hydrogen (secondary N) is 2. The van der Waals surface area contributed by atoms with Crippen LogP contribution in [0.25, 0.3) is 0 Å². The number of carbonyl (C=O) groups is 1. The highest BCUT2D eigenvalue weighted by atomic mass is 16.5. The molecule has 6 heteroatoms. The maximum atomic E-state index is 12.3. The number of ether oxygens (including phenoxy) is 2. The zero-order valence-electron chi connectivity index (χ0n) is 16.8. The van der Waals surface area contributed by atoms with Gasteiger partial charge in [-0.2, -0.15) is 0 Å². The van der Waals surface area contributed by atoms with Crippen LogP contribution in [0.1, 0.15) is 19.4 Å². The summed E-state index contributed by atoms with van der Waals surface area (Å²) in [6, 6.07) is 11.5. The number of methoxy groups -OCH3 is 2. The third-order valence-electron chi connectivity index (χ3n) is 4.46. The first-order valence-electron chi connectivity index (χ1n) is 9.13. The Morgan fingerprint density at radius 3 is 2.30 bits per heavy atom.